The molecular weight excluding hydrogens is 1380 g/mol. The highest BCUT2D eigenvalue weighted by Crippen LogP contribution is 2.40. The van der Waals surface area contributed by atoms with Gasteiger partial charge >= 0.3 is 18.3 Å². The van der Waals surface area contributed by atoms with Crippen molar-refractivity contribution in [3.8, 4) is 74.0 Å². The first kappa shape index (κ1) is 74.4. The monoisotopic (exact) mass is 1470 g/mol. The van der Waals surface area contributed by atoms with Crippen molar-refractivity contribution in [2.24, 2.45) is 0 Å². The van der Waals surface area contributed by atoms with E-state index in [4.69, 9.17) is 63.0 Å². The van der Waals surface area contributed by atoms with Gasteiger partial charge in [0.1, 0.15) is 17.6 Å². The van der Waals surface area contributed by atoms with Gasteiger partial charge in [-0.15, -0.1) is 0 Å². The Morgan fingerprint density at radius 3 is 1.20 bits per heavy atom. The van der Waals surface area contributed by atoms with E-state index in [-0.39, 0.29) is 36.1 Å². The molecule has 15 rings (SSSR count). The highest BCUT2D eigenvalue weighted by molar-refractivity contribution is 5.81. The van der Waals surface area contributed by atoms with Crippen LogP contribution in [-0.4, -0.2) is 161 Å². The summed E-state index contributed by atoms with van der Waals surface area (Å²) in [6.07, 6.45) is 6.74. The summed E-state index contributed by atoms with van der Waals surface area (Å²) in [5.41, 5.74) is 16.4. The van der Waals surface area contributed by atoms with Gasteiger partial charge in [-0.05, 0) is 196 Å². The van der Waals surface area contributed by atoms with Gasteiger partial charge in [0.2, 0.25) is 0 Å². The molecule has 3 N–H and O–H groups in total. The smallest absolute Gasteiger partial charge is 0.412 e. The van der Waals surface area contributed by atoms with Crippen LogP contribution in [0.3, 0.4) is 0 Å². The lowest BCUT2D eigenvalue weighted by molar-refractivity contribution is 0.0734. The third kappa shape index (κ3) is 16.5. The van der Waals surface area contributed by atoms with E-state index in [0.717, 1.165) is 161 Å². The quantitative estimate of drug-likeness (QED) is 0.0765. The molecule has 1 aliphatic carbocycles. The van der Waals surface area contributed by atoms with E-state index in [0.29, 0.717) is 65.3 Å². The molecule has 0 unspecified atom stereocenters. The van der Waals surface area contributed by atoms with Crippen LogP contribution in [0.1, 0.15) is 91.1 Å². The number of hydrogen-bond donors (Lipinski definition) is 3. The second kappa shape index (κ2) is 32.9. The molecule has 4 fully saturated rings. The number of para-hydroxylation sites is 1. The van der Waals surface area contributed by atoms with E-state index in [1.807, 2.05) is 142 Å². The highest BCUT2D eigenvalue weighted by Gasteiger charge is 2.33. The fourth-order valence-electron chi connectivity index (χ4n) is 14.8. The van der Waals surface area contributed by atoms with Crippen molar-refractivity contribution in [3.63, 3.8) is 0 Å². The van der Waals surface area contributed by atoms with Crippen molar-refractivity contribution < 1.29 is 56.7 Å². The molecule has 26 nitrogen and oxygen atoms in total. The average Bonchev–Trinajstić information content (AvgIpc) is 1.61. The lowest BCUT2D eigenvalue weighted by Crippen LogP contribution is -2.39. The van der Waals surface area contributed by atoms with Crippen LogP contribution < -0.4 is 63.8 Å². The number of methoxy groups -OCH3 is 5. The molecule has 108 heavy (non-hydrogen) atoms. The number of carbonyl (C=O) groups is 3. The van der Waals surface area contributed by atoms with Crippen molar-refractivity contribution in [1.29, 1.82) is 0 Å². The van der Waals surface area contributed by atoms with Crippen molar-refractivity contribution in [1.82, 2.24) is 59.7 Å². The molecule has 3 saturated heterocycles. The molecular formula is C81H92FN15O11. The number of amides is 3. The number of hydrogen-bond acceptors (Lipinski definition) is 20. The molecule has 3 atom stereocenters. The fourth-order valence-corrected chi connectivity index (χ4v) is 14.8. The van der Waals surface area contributed by atoms with Gasteiger partial charge < -0.3 is 68.5 Å². The molecule has 5 aromatic carbocycles. The maximum Gasteiger partial charge on any atom is 0.412 e. The number of halogens is 1. The van der Waals surface area contributed by atoms with E-state index in [1.54, 1.807) is 63.3 Å². The van der Waals surface area contributed by atoms with Gasteiger partial charge in [-0.3, -0.25) is 0 Å². The fraction of sp³-hybridized carbons (Fsp3) is 0.370. The van der Waals surface area contributed by atoms with Crippen molar-refractivity contribution >= 4 is 52.3 Å². The Balaban J connectivity index is 0.000000143. The lowest BCUT2D eigenvalue weighted by Gasteiger charge is -2.23. The Labute approximate surface area is 626 Å². The number of carbonyl (C=O) groups excluding carboxylic acids is 3. The third-order valence-electron chi connectivity index (χ3n) is 19.9. The number of ether oxygens (including phenoxy) is 8. The minimum Gasteiger partial charge on any atom is -0.494 e. The zero-order chi connectivity index (χ0) is 75.9. The van der Waals surface area contributed by atoms with Crippen LogP contribution in [-0.2, 0) is 4.74 Å². The van der Waals surface area contributed by atoms with Gasteiger partial charge in [-0.1, -0.05) is 36.8 Å². The van der Waals surface area contributed by atoms with Crippen LogP contribution in [0.15, 0.2) is 127 Å². The van der Waals surface area contributed by atoms with Crippen molar-refractivity contribution in [2.45, 2.75) is 124 Å². The molecule has 1 saturated carbocycles. The number of alkyl carbamates (subject to hydrolysis) is 1. The summed E-state index contributed by atoms with van der Waals surface area (Å²) >= 11 is 0. The second-order valence-corrected chi connectivity index (χ2v) is 27.6. The van der Waals surface area contributed by atoms with Crippen molar-refractivity contribution in [2.75, 3.05) is 89.5 Å². The van der Waals surface area contributed by atoms with Gasteiger partial charge in [0, 0.05) is 56.0 Å². The number of aromatic nitrogens is 9. The number of benzene rings is 5. The zero-order valence-corrected chi connectivity index (χ0v) is 63.1. The first-order chi connectivity index (χ1) is 52.2. The minimum absolute atomic E-state index is 0.0350. The van der Waals surface area contributed by atoms with E-state index >= 15 is 0 Å². The summed E-state index contributed by atoms with van der Waals surface area (Å²) in [5.74, 6) is 3.43. The van der Waals surface area contributed by atoms with E-state index < -0.39 is 18.0 Å². The van der Waals surface area contributed by atoms with Crippen LogP contribution in [0.25, 0.3) is 50.7 Å². The summed E-state index contributed by atoms with van der Waals surface area (Å²) in [6, 6.07) is 39.0. The second-order valence-electron chi connectivity index (χ2n) is 27.6. The number of rotatable bonds is 17. The number of aryl methyl sites for hydroxylation is 7. The molecule has 3 amide bonds. The molecule has 11 aromatic rings. The van der Waals surface area contributed by atoms with Gasteiger partial charge in [0.05, 0.1) is 122 Å². The van der Waals surface area contributed by atoms with E-state index in [1.165, 1.54) is 19.6 Å². The van der Waals surface area contributed by atoms with Gasteiger partial charge in [0.25, 0.3) is 0 Å². The molecule has 3 aliphatic heterocycles. The third-order valence-corrected chi connectivity index (χ3v) is 19.9. The SMILES string of the molecule is COc1ccc(-c2c(C)nc3c(N4CC[C@@H](NC(=O)OC5CCCCC5)C4)cc(C)nn23)cc1OC.COc1ccc(-c2c(C)nc3c(N4CC[C@@H](NC(=O)Oc5cccc(C)c5)C4)cc(C)nn23)cc1OC.COc1ccc(-c2c(C)nc3c(N4CC[C@@H](NC(=O)Oc5ccccc5)C4)cc(C)nn23)cc1F. The number of nitrogens with one attached hydrogen (secondary N) is 3. The highest BCUT2D eigenvalue weighted by atomic mass is 19.1. The Bertz CT molecular complexity index is 5100. The number of imidazole rings is 3. The zero-order valence-electron chi connectivity index (χ0n) is 63.1. The molecule has 27 heteroatoms. The Morgan fingerprint density at radius 1 is 0.407 bits per heavy atom. The van der Waals surface area contributed by atoms with Crippen molar-refractivity contribution in [3.05, 3.63) is 173 Å². The van der Waals surface area contributed by atoms with Gasteiger partial charge in [0.15, 0.2) is 51.5 Å². The predicted molar refractivity (Wildman–Crippen MR) is 411 cm³/mol. The number of nitrogens with zero attached hydrogens (tertiary/aromatic N) is 12. The van der Waals surface area contributed by atoms with Crippen LogP contribution in [0.5, 0.6) is 40.2 Å². The summed E-state index contributed by atoms with van der Waals surface area (Å²) in [6.45, 7) is 18.0. The van der Waals surface area contributed by atoms with Crippen LogP contribution >= 0.6 is 0 Å². The predicted octanol–water partition coefficient (Wildman–Crippen LogP) is 13.9. The summed E-state index contributed by atoms with van der Waals surface area (Å²) in [4.78, 5) is 58.6. The van der Waals surface area contributed by atoms with Gasteiger partial charge in [-0.2, -0.15) is 15.3 Å². The largest absolute Gasteiger partial charge is 0.494 e. The van der Waals surface area contributed by atoms with Gasteiger partial charge in [-0.25, -0.2) is 47.3 Å². The summed E-state index contributed by atoms with van der Waals surface area (Å²) in [5, 5.41) is 23.3. The summed E-state index contributed by atoms with van der Waals surface area (Å²) < 4.78 is 63.4. The standard InChI is InChI=1S/C28H31N5O4.C27H35N5O4.C26H26FN5O3/c1-17-7-6-8-22(13-17)37-28(34)30-21-11-12-32(16-21)23-14-18(2)31-33-26(19(3)29-27(23)33)20-9-10-24(35-4)25(15-20)36-5;1-17-14-22(31-13-12-20(16-31)29-27(33)36-21-8-6-5-7-9-21)26-28-18(2)25(32(26)30-17)19-10-11-23(34-3)24(15-19)35-4;1-16-13-22(31-12-11-19(15-31)29-26(33)35-20-7-5-4-6-8-20)25-28-17(2)24(32(25)30-16)18-9-10-23(34-3)21(27)14-18/h6-10,13-15,21H,11-12,16H2,1-5H3,(H,30,34);10-11,14-15,20-21H,5-9,12-13,16H2,1-4H3,(H,29,33);4-10,13-14,19H,11-12,15H2,1-3H3,(H,29,33)/t21-;20-;19-/m111/s1. The lowest BCUT2D eigenvalue weighted by atomic mass is 9.98. The summed E-state index contributed by atoms with van der Waals surface area (Å²) in [7, 11) is 7.94. The molecule has 0 spiro atoms. The first-order valence-corrected chi connectivity index (χ1v) is 36.5. The number of anilines is 3. The average molecular weight is 1470 g/mol. The maximum atomic E-state index is 14.4. The molecule has 0 radical (unpaired) electrons. The van der Waals surface area contributed by atoms with E-state index in [9.17, 15) is 18.8 Å². The molecule has 9 heterocycles. The minimum atomic E-state index is -0.473. The Morgan fingerprint density at radius 2 is 0.796 bits per heavy atom. The topological polar surface area (TPSA) is 261 Å². The van der Waals surface area contributed by atoms with E-state index in [2.05, 4.69) is 41.8 Å². The van der Waals surface area contributed by atoms with Crippen LogP contribution in [0.4, 0.5) is 35.8 Å². The Kier molecular flexibility index (Phi) is 22.6. The Hall–Kier alpha value is -11.9. The first-order valence-electron chi connectivity index (χ1n) is 36.5. The molecule has 564 valence electrons. The number of fused-ring (bicyclic) bond motifs is 3. The molecule has 6 aromatic heterocycles. The van der Waals surface area contributed by atoms with Crippen LogP contribution in [0.2, 0.25) is 0 Å². The molecule has 0 bridgehead atoms. The van der Waals surface area contributed by atoms with Crippen LogP contribution in [0, 0.1) is 54.3 Å². The molecule has 4 aliphatic rings. The maximum absolute atomic E-state index is 14.4. The normalized spacial score (nSPS) is 16.3.